The molecule has 140 valence electrons. The molecule has 3 rings (SSSR count). The number of rotatable bonds is 3. The molecular weight excluding hydrogens is 502 g/mol. The fourth-order valence-electron chi connectivity index (χ4n) is 2.47. The summed E-state index contributed by atoms with van der Waals surface area (Å²) in [7, 11) is -3.81. The minimum absolute atomic E-state index is 0.0480. The van der Waals surface area contributed by atoms with Gasteiger partial charge in [0.05, 0.1) is 30.8 Å². The lowest BCUT2D eigenvalue weighted by molar-refractivity contribution is -0.114. The average Bonchev–Trinajstić information content (AvgIpc) is 2.87. The highest BCUT2D eigenvalue weighted by molar-refractivity contribution is 9.11. The molecule has 1 aliphatic rings. The third-order valence-electron chi connectivity index (χ3n) is 3.82. The van der Waals surface area contributed by atoms with Crippen LogP contribution in [0.5, 0.6) is 5.75 Å². The summed E-state index contributed by atoms with van der Waals surface area (Å²) in [4.78, 5) is 12.7. The Morgan fingerprint density at radius 2 is 1.70 bits per heavy atom. The topological polar surface area (TPSA) is 113 Å². The number of hydrazone groups is 1. The van der Waals surface area contributed by atoms with E-state index in [-0.39, 0.29) is 16.6 Å². The van der Waals surface area contributed by atoms with Crippen molar-refractivity contribution in [2.24, 2.45) is 10.2 Å². The second kappa shape index (κ2) is 7.19. The van der Waals surface area contributed by atoms with Gasteiger partial charge < -0.3 is 5.11 Å². The predicted octanol–water partition coefficient (Wildman–Crippen LogP) is 3.37. The normalized spacial score (nSPS) is 16.1. The molecule has 0 saturated carbocycles. The van der Waals surface area contributed by atoms with Gasteiger partial charge in [-0.3, -0.25) is 4.79 Å². The summed E-state index contributed by atoms with van der Waals surface area (Å²) in [6.07, 6.45) is 1.66. The average molecular weight is 515 g/mol. The van der Waals surface area contributed by atoms with Gasteiger partial charge in [0.1, 0.15) is 5.75 Å². The molecule has 0 bridgehead atoms. The van der Waals surface area contributed by atoms with E-state index < -0.39 is 10.0 Å². The molecule has 0 fully saturated rings. The molecule has 0 aliphatic carbocycles. The van der Waals surface area contributed by atoms with E-state index in [0.717, 1.165) is 0 Å². The van der Waals surface area contributed by atoms with Crippen molar-refractivity contribution in [1.29, 1.82) is 0 Å². The van der Waals surface area contributed by atoms with Crippen LogP contribution in [0.25, 0.3) is 6.08 Å². The van der Waals surface area contributed by atoms with Gasteiger partial charge in [-0.1, -0.05) is 0 Å². The van der Waals surface area contributed by atoms with Gasteiger partial charge in [-0.25, -0.2) is 13.6 Å². The molecule has 27 heavy (non-hydrogen) atoms. The summed E-state index contributed by atoms with van der Waals surface area (Å²) in [5.41, 5.74) is 2.00. The lowest BCUT2D eigenvalue weighted by Crippen LogP contribution is -2.21. The molecule has 0 spiro atoms. The van der Waals surface area contributed by atoms with Crippen molar-refractivity contribution < 1.29 is 18.3 Å². The highest BCUT2D eigenvalue weighted by Gasteiger charge is 2.29. The minimum atomic E-state index is -3.81. The first-order valence-electron chi connectivity index (χ1n) is 7.50. The number of anilines is 1. The second-order valence-electron chi connectivity index (χ2n) is 5.73. The van der Waals surface area contributed by atoms with E-state index in [1.54, 1.807) is 25.1 Å². The number of nitrogens with zero attached hydrogens (tertiary/aromatic N) is 2. The Kier molecular flexibility index (Phi) is 5.26. The summed E-state index contributed by atoms with van der Waals surface area (Å²) < 4.78 is 23.7. The summed E-state index contributed by atoms with van der Waals surface area (Å²) in [6.45, 7) is 1.70. The van der Waals surface area contributed by atoms with E-state index in [9.17, 15) is 18.3 Å². The van der Waals surface area contributed by atoms with Gasteiger partial charge in [-0.05, 0) is 86.8 Å². The van der Waals surface area contributed by atoms with Crippen LogP contribution in [0.2, 0.25) is 0 Å². The number of amides is 1. The van der Waals surface area contributed by atoms with Crippen LogP contribution in [0, 0.1) is 0 Å². The first-order valence-corrected chi connectivity index (χ1v) is 10.6. The molecule has 1 amide bonds. The van der Waals surface area contributed by atoms with Gasteiger partial charge in [-0.15, -0.1) is 0 Å². The van der Waals surface area contributed by atoms with E-state index in [1.165, 1.54) is 29.3 Å². The Morgan fingerprint density at radius 1 is 1.15 bits per heavy atom. The second-order valence-corrected chi connectivity index (χ2v) is 9.00. The number of carbonyl (C=O) groups excluding carboxylic acids is 1. The van der Waals surface area contributed by atoms with E-state index >= 15 is 0 Å². The van der Waals surface area contributed by atoms with Gasteiger partial charge >= 0.3 is 0 Å². The van der Waals surface area contributed by atoms with Crippen molar-refractivity contribution in [2.45, 2.75) is 11.8 Å². The maximum Gasteiger partial charge on any atom is 0.280 e. The molecule has 10 heteroatoms. The number of benzene rings is 2. The molecule has 2 aromatic carbocycles. The van der Waals surface area contributed by atoms with Gasteiger partial charge in [0.2, 0.25) is 10.0 Å². The Balaban J connectivity index is 1.95. The van der Waals surface area contributed by atoms with Crippen LogP contribution in [-0.4, -0.2) is 25.1 Å². The van der Waals surface area contributed by atoms with Crippen LogP contribution in [0.15, 0.2) is 60.9 Å². The zero-order valence-electron chi connectivity index (χ0n) is 13.8. The molecule has 2 aromatic rings. The number of phenols is 1. The van der Waals surface area contributed by atoms with Crippen LogP contribution in [0.1, 0.15) is 12.5 Å². The quantitative estimate of drug-likeness (QED) is 0.611. The highest BCUT2D eigenvalue weighted by atomic mass is 79.9. The standard InChI is InChI=1S/C17H13Br2N3O4S/c1-9-13(6-10-7-14(18)16(23)15(19)8-10)17(24)22(21-9)11-2-4-12(5-3-11)27(20,25)26/h2-8,23H,1H3,(H2,20,25,26). The molecule has 1 heterocycles. The number of phenolic OH excluding ortho intramolecular Hbond substituents is 1. The van der Waals surface area contributed by atoms with Crippen molar-refractivity contribution in [3.8, 4) is 5.75 Å². The molecule has 0 radical (unpaired) electrons. The first kappa shape index (κ1) is 19.7. The summed E-state index contributed by atoms with van der Waals surface area (Å²) in [5.74, 6) is -0.284. The van der Waals surface area contributed by atoms with E-state index in [2.05, 4.69) is 37.0 Å². The number of primary sulfonamides is 1. The Morgan fingerprint density at radius 3 is 2.22 bits per heavy atom. The number of carbonyl (C=O) groups is 1. The van der Waals surface area contributed by atoms with Crippen LogP contribution in [-0.2, 0) is 14.8 Å². The molecule has 0 unspecified atom stereocenters. The molecule has 0 atom stereocenters. The van der Waals surface area contributed by atoms with Crippen molar-refractivity contribution in [3.05, 3.63) is 56.5 Å². The molecule has 0 aromatic heterocycles. The first-order chi connectivity index (χ1) is 12.6. The Labute approximate surface area is 172 Å². The zero-order valence-corrected chi connectivity index (χ0v) is 17.8. The molecule has 3 N–H and O–H groups in total. The van der Waals surface area contributed by atoms with Gasteiger partial charge in [0.25, 0.3) is 5.91 Å². The smallest absolute Gasteiger partial charge is 0.280 e. The Hall–Kier alpha value is -2.01. The van der Waals surface area contributed by atoms with E-state index in [0.29, 0.717) is 31.5 Å². The van der Waals surface area contributed by atoms with Gasteiger partial charge in [0, 0.05) is 0 Å². The van der Waals surface area contributed by atoms with Crippen LogP contribution < -0.4 is 10.1 Å². The molecular formula is C17H13Br2N3O4S. The summed E-state index contributed by atoms with van der Waals surface area (Å²) in [5, 5.41) is 20.3. The molecule has 7 nitrogen and oxygen atoms in total. The number of hydrogen-bond donors (Lipinski definition) is 2. The van der Waals surface area contributed by atoms with Crippen molar-refractivity contribution in [1.82, 2.24) is 0 Å². The summed E-state index contributed by atoms with van der Waals surface area (Å²) >= 11 is 6.51. The fourth-order valence-corrected chi connectivity index (χ4v) is 4.21. The van der Waals surface area contributed by atoms with Gasteiger partial charge in [0.15, 0.2) is 0 Å². The van der Waals surface area contributed by atoms with Gasteiger partial charge in [-0.2, -0.15) is 10.1 Å². The van der Waals surface area contributed by atoms with Crippen LogP contribution >= 0.6 is 31.9 Å². The number of nitrogens with two attached hydrogens (primary N) is 1. The van der Waals surface area contributed by atoms with Crippen molar-refractivity contribution in [3.63, 3.8) is 0 Å². The molecule has 0 saturated heterocycles. The number of halogens is 2. The highest BCUT2D eigenvalue weighted by Crippen LogP contribution is 2.34. The number of sulfonamides is 1. The van der Waals surface area contributed by atoms with Crippen molar-refractivity contribution >= 4 is 65.3 Å². The number of hydrogen-bond acceptors (Lipinski definition) is 5. The lowest BCUT2D eigenvalue weighted by atomic mass is 10.1. The van der Waals surface area contributed by atoms with E-state index in [1.807, 2.05) is 0 Å². The maximum absolute atomic E-state index is 12.8. The predicted molar refractivity (Wildman–Crippen MR) is 110 cm³/mol. The zero-order chi connectivity index (χ0) is 19.9. The SMILES string of the molecule is CC1=NN(c2ccc(S(N)(=O)=O)cc2)C(=O)C1=Cc1cc(Br)c(O)c(Br)c1. The monoisotopic (exact) mass is 513 g/mol. The van der Waals surface area contributed by atoms with Crippen molar-refractivity contribution in [2.75, 3.05) is 5.01 Å². The minimum Gasteiger partial charge on any atom is -0.506 e. The molecule has 1 aliphatic heterocycles. The number of aromatic hydroxyl groups is 1. The van der Waals surface area contributed by atoms with Crippen LogP contribution in [0.3, 0.4) is 0 Å². The fraction of sp³-hybridized carbons (Fsp3) is 0.0588. The Bertz CT molecular complexity index is 1090. The lowest BCUT2D eigenvalue weighted by Gasteiger charge is -2.12. The van der Waals surface area contributed by atoms with E-state index in [4.69, 9.17) is 5.14 Å². The summed E-state index contributed by atoms with van der Waals surface area (Å²) in [6, 6.07) is 8.92. The largest absolute Gasteiger partial charge is 0.506 e. The third kappa shape index (κ3) is 3.98. The third-order valence-corrected chi connectivity index (χ3v) is 5.96. The maximum atomic E-state index is 12.8. The van der Waals surface area contributed by atoms with Crippen LogP contribution in [0.4, 0.5) is 5.69 Å².